The van der Waals surface area contributed by atoms with E-state index in [1.807, 2.05) is 18.2 Å². The summed E-state index contributed by atoms with van der Waals surface area (Å²) < 4.78 is 0. The summed E-state index contributed by atoms with van der Waals surface area (Å²) in [6.45, 7) is -0.0385. The average Bonchev–Trinajstić information content (AvgIpc) is 2.93. The van der Waals surface area contributed by atoms with E-state index in [1.54, 1.807) is 11.3 Å². The first-order valence-corrected chi connectivity index (χ1v) is 8.01. The molecule has 2 unspecified atom stereocenters. The van der Waals surface area contributed by atoms with Gasteiger partial charge in [-0.2, -0.15) is 0 Å². The highest BCUT2D eigenvalue weighted by molar-refractivity contribution is 7.10. The third-order valence-corrected chi connectivity index (χ3v) is 5.55. The van der Waals surface area contributed by atoms with E-state index in [0.29, 0.717) is 12.8 Å². The molecule has 1 aromatic carbocycles. The number of hydrogen-bond donors (Lipinski definition) is 2. The molecule has 0 radical (unpaired) electrons. The Morgan fingerprint density at radius 3 is 2.62 bits per heavy atom. The van der Waals surface area contributed by atoms with Crippen LogP contribution < -0.4 is 0 Å². The van der Waals surface area contributed by atoms with E-state index in [0.717, 1.165) is 22.4 Å². The molecule has 2 aromatic rings. The first-order valence-electron chi connectivity index (χ1n) is 7.13. The van der Waals surface area contributed by atoms with Crippen molar-refractivity contribution in [1.82, 2.24) is 0 Å². The standard InChI is InChI=1S/C17H18O3S/c18-10-14-6-7-17(14,16(19)20)9-15-8-13(11-21-15)12-4-2-1-3-5-12/h1-5,8,11,14,18H,6-7,9-10H2,(H,19,20). The molecule has 21 heavy (non-hydrogen) atoms. The molecule has 1 heterocycles. The number of carbonyl (C=O) groups is 1. The minimum Gasteiger partial charge on any atom is -0.481 e. The van der Waals surface area contributed by atoms with E-state index < -0.39 is 11.4 Å². The number of carboxylic acid groups (broad SMARTS) is 1. The number of benzene rings is 1. The Hall–Kier alpha value is -1.65. The van der Waals surface area contributed by atoms with Crippen molar-refractivity contribution in [1.29, 1.82) is 0 Å². The van der Waals surface area contributed by atoms with Crippen LogP contribution in [0.5, 0.6) is 0 Å². The first-order chi connectivity index (χ1) is 10.2. The van der Waals surface area contributed by atoms with Crippen molar-refractivity contribution >= 4 is 17.3 Å². The van der Waals surface area contributed by atoms with Gasteiger partial charge >= 0.3 is 5.97 Å². The lowest BCUT2D eigenvalue weighted by Crippen LogP contribution is -2.49. The molecule has 4 heteroatoms. The maximum atomic E-state index is 11.6. The van der Waals surface area contributed by atoms with Gasteiger partial charge in [-0.25, -0.2) is 0 Å². The van der Waals surface area contributed by atoms with E-state index >= 15 is 0 Å². The number of rotatable bonds is 5. The van der Waals surface area contributed by atoms with Gasteiger partial charge in [0.2, 0.25) is 0 Å². The Kier molecular flexibility index (Phi) is 3.83. The van der Waals surface area contributed by atoms with E-state index in [2.05, 4.69) is 23.6 Å². The molecular formula is C17H18O3S. The monoisotopic (exact) mass is 302 g/mol. The lowest BCUT2D eigenvalue weighted by atomic mass is 9.58. The summed E-state index contributed by atoms with van der Waals surface area (Å²) >= 11 is 1.61. The van der Waals surface area contributed by atoms with Gasteiger partial charge in [0, 0.05) is 11.5 Å². The second-order valence-electron chi connectivity index (χ2n) is 5.72. The maximum absolute atomic E-state index is 11.6. The Morgan fingerprint density at radius 2 is 2.05 bits per heavy atom. The molecule has 3 nitrogen and oxygen atoms in total. The minimum absolute atomic E-state index is 0.0385. The average molecular weight is 302 g/mol. The first kappa shape index (κ1) is 14.3. The van der Waals surface area contributed by atoms with Crippen molar-refractivity contribution in [2.45, 2.75) is 19.3 Å². The van der Waals surface area contributed by atoms with Crippen LogP contribution in [0.25, 0.3) is 11.1 Å². The van der Waals surface area contributed by atoms with Crippen molar-refractivity contribution in [3.63, 3.8) is 0 Å². The van der Waals surface area contributed by atoms with Gasteiger partial charge in [0.05, 0.1) is 5.41 Å². The van der Waals surface area contributed by atoms with Crippen LogP contribution in [0.3, 0.4) is 0 Å². The Balaban J connectivity index is 1.82. The molecule has 2 N–H and O–H groups in total. The summed E-state index contributed by atoms with van der Waals surface area (Å²) in [6, 6.07) is 12.2. The molecule has 0 amide bonds. The van der Waals surface area contributed by atoms with E-state index in [1.165, 1.54) is 0 Å². The van der Waals surface area contributed by atoms with Crippen LogP contribution in [0, 0.1) is 11.3 Å². The zero-order valence-electron chi connectivity index (χ0n) is 11.7. The molecule has 0 bridgehead atoms. The largest absolute Gasteiger partial charge is 0.481 e. The highest BCUT2D eigenvalue weighted by Gasteiger charge is 2.52. The third-order valence-electron chi connectivity index (χ3n) is 4.62. The summed E-state index contributed by atoms with van der Waals surface area (Å²) in [7, 11) is 0. The number of carboxylic acids is 1. The van der Waals surface area contributed by atoms with Gasteiger partial charge in [-0.05, 0) is 47.8 Å². The fourth-order valence-corrected chi connectivity index (χ4v) is 4.14. The van der Waals surface area contributed by atoms with Crippen molar-refractivity contribution in [2.75, 3.05) is 6.61 Å². The quantitative estimate of drug-likeness (QED) is 0.889. The Bertz CT molecular complexity index is 632. The van der Waals surface area contributed by atoms with Crippen LogP contribution in [-0.2, 0) is 11.2 Å². The Morgan fingerprint density at radius 1 is 1.29 bits per heavy atom. The van der Waals surface area contributed by atoms with Crippen LogP contribution in [0.2, 0.25) is 0 Å². The second kappa shape index (κ2) is 5.62. The van der Waals surface area contributed by atoms with E-state index in [4.69, 9.17) is 0 Å². The fraction of sp³-hybridized carbons (Fsp3) is 0.353. The summed E-state index contributed by atoms with van der Waals surface area (Å²) in [5.74, 6) is -0.889. The lowest BCUT2D eigenvalue weighted by molar-refractivity contribution is -0.163. The van der Waals surface area contributed by atoms with Gasteiger partial charge in [0.15, 0.2) is 0 Å². The molecule has 1 aliphatic rings. The summed E-state index contributed by atoms with van der Waals surface area (Å²) in [5, 5.41) is 21.0. The number of aliphatic hydroxyl groups excluding tert-OH is 1. The van der Waals surface area contributed by atoms with E-state index in [-0.39, 0.29) is 12.5 Å². The topological polar surface area (TPSA) is 57.5 Å². The van der Waals surface area contributed by atoms with Gasteiger partial charge in [-0.15, -0.1) is 11.3 Å². The Labute approximate surface area is 127 Å². The molecule has 1 aromatic heterocycles. The smallest absolute Gasteiger partial charge is 0.310 e. The zero-order valence-corrected chi connectivity index (χ0v) is 12.5. The van der Waals surface area contributed by atoms with Crippen molar-refractivity contribution < 1.29 is 15.0 Å². The fourth-order valence-electron chi connectivity index (χ4n) is 3.12. The molecule has 3 rings (SSSR count). The van der Waals surface area contributed by atoms with E-state index in [9.17, 15) is 15.0 Å². The van der Waals surface area contributed by atoms with Crippen molar-refractivity contribution in [2.24, 2.45) is 11.3 Å². The molecular weight excluding hydrogens is 284 g/mol. The highest BCUT2D eigenvalue weighted by atomic mass is 32.1. The van der Waals surface area contributed by atoms with Crippen LogP contribution in [0.4, 0.5) is 0 Å². The molecule has 1 saturated carbocycles. The third kappa shape index (κ3) is 2.49. The SMILES string of the molecule is O=C(O)C1(Cc2cc(-c3ccccc3)cs2)CCC1CO. The molecule has 1 fully saturated rings. The molecule has 2 atom stereocenters. The van der Waals surface area contributed by atoms with Gasteiger partial charge in [0.25, 0.3) is 0 Å². The number of thiophene rings is 1. The molecule has 0 aliphatic heterocycles. The normalized spacial score (nSPS) is 24.5. The number of aliphatic carboxylic acids is 1. The highest BCUT2D eigenvalue weighted by Crippen LogP contribution is 2.50. The predicted octanol–water partition coefficient (Wildman–Crippen LogP) is 3.43. The van der Waals surface area contributed by atoms with Gasteiger partial charge in [-0.1, -0.05) is 30.3 Å². The molecule has 0 saturated heterocycles. The molecule has 110 valence electrons. The summed E-state index contributed by atoms with van der Waals surface area (Å²) in [5.41, 5.74) is 1.51. The molecule has 1 aliphatic carbocycles. The number of aliphatic hydroxyl groups is 1. The predicted molar refractivity (Wildman–Crippen MR) is 83.3 cm³/mol. The van der Waals surface area contributed by atoms with Crippen LogP contribution in [0.1, 0.15) is 17.7 Å². The van der Waals surface area contributed by atoms with Crippen LogP contribution >= 0.6 is 11.3 Å². The number of hydrogen-bond acceptors (Lipinski definition) is 3. The summed E-state index contributed by atoms with van der Waals surface area (Å²) in [6.07, 6.45) is 1.98. The minimum atomic E-state index is -0.775. The second-order valence-corrected chi connectivity index (χ2v) is 6.72. The van der Waals surface area contributed by atoms with Crippen LogP contribution in [0.15, 0.2) is 41.8 Å². The van der Waals surface area contributed by atoms with Crippen molar-refractivity contribution in [3.8, 4) is 11.1 Å². The summed E-state index contributed by atoms with van der Waals surface area (Å²) in [4.78, 5) is 12.7. The van der Waals surface area contributed by atoms with Gasteiger partial charge < -0.3 is 10.2 Å². The van der Waals surface area contributed by atoms with Gasteiger partial charge in [0.1, 0.15) is 0 Å². The zero-order chi connectivity index (χ0) is 14.9. The molecule has 0 spiro atoms. The van der Waals surface area contributed by atoms with Crippen LogP contribution in [-0.4, -0.2) is 22.8 Å². The maximum Gasteiger partial charge on any atom is 0.310 e. The van der Waals surface area contributed by atoms with Gasteiger partial charge in [-0.3, -0.25) is 4.79 Å². The van der Waals surface area contributed by atoms with Crippen molar-refractivity contribution in [3.05, 3.63) is 46.7 Å². The lowest BCUT2D eigenvalue weighted by Gasteiger charge is -2.45.